The topological polar surface area (TPSA) is 55.8 Å². The maximum absolute atomic E-state index is 12.8. The van der Waals surface area contributed by atoms with E-state index >= 15 is 0 Å². The van der Waals surface area contributed by atoms with Gasteiger partial charge >= 0.3 is 6.09 Å². The van der Waals surface area contributed by atoms with Crippen LogP contribution >= 0.6 is 0 Å². The summed E-state index contributed by atoms with van der Waals surface area (Å²) < 4.78 is 11.8. The van der Waals surface area contributed by atoms with Crippen LogP contribution in [-0.4, -0.2) is 43.5 Å². The predicted octanol–water partition coefficient (Wildman–Crippen LogP) is 4.43. The smallest absolute Gasteiger partial charge is 0.417 e. The van der Waals surface area contributed by atoms with E-state index in [1.165, 1.54) is 4.90 Å². The number of hydrogen-bond acceptors (Lipinski definition) is 4. The fraction of sp³-hybridized carbons (Fsp3) is 0.895. The molecule has 0 aromatic carbocycles. The van der Waals surface area contributed by atoms with Crippen LogP contribution in [0.3, 0.4) is 0 Å². The van der Waals surface area contributed by atoms with Gasteiger partial charge in [0.15, 0.2) is 8.32 Å². The highest BCUT2D eigenvalue weighted by molar-refractivity contribution is 6.74. The lowest BCUT2D eigenvalue weighted by Crippen LogP contribution is -2.51. The lowest BCUT2D eigenvalue weighted by molar-refractivity contribution is -0.132. The summed E-state index contributed by atoms with van der Waals surface area (Å²) in [5.41, 5.74) is -0.679. The first-order valence-electron chi connectivity index (χ1n) is 9.21. The van der Waals surface area contributed by atoms with Gasteiger partial charge in [0.2, 0.25) is 5.91 Å². The Morgan fingerprint density at radius 1 is 1.16 bits per heavy atom. The molecule has 1 saturated heterocycles. The molecule has 25 heavy (non-hydrogen) atoms. The van der Waals surface area contributed by atoms with E-state index in [4.69, 9.17) is 9.16 Å². The number of fused-ring (bicyclic) bond motifs is 1. The Morgan fingerprint density at radius 3 is 2.12 bits per heavy atom. The van der Waals surface area contributed by atoms with Crippen LogP contribution in [0.4, 0.5) is 4.79 Å². The summed E-state index contributed by atoms with van der Waals surface area (Å²) in [7, 11) is -1.95. The average molecular weight is 370 g/mol. The minimum Gasteiger partial charge on any atom is -0.443 e. The summed E-state index contributed by atoms with van der Waals surface area (Å²) in [6, 6.07) is -0.225. The Hall–Kier alpha value is -0.883. The van der Waals surface area contributed by atoms with E-state index in [2.05, 4.69) is 47.7 Å². The van der Waals surface area contributed by atoms with E-state index in [1.54, 1.807) is 0 Å². The molecule has 2 amide bonds. The second-order valence-corrected chi connectivity index (χ2v) is 15.5. The SMILES string of the molecule is CC(C)(C)OC(=O)N1C(=O)[C@H]2[C@@H]([C@H]1CO[Si](C)(C)C(C)(C)C)C2(C)C. The van der Waals surface area contributed by atoms with E-state index in [0.717, 1.165) is 0 Å². The summed E-state index contributed by atoms with van der Waals surface area (Å²) in [6.07, 6.45) is -0.538. The molecule has 0 aromatic heterocycles. The molecule has 0 unspecified atom stereocenters. The molecule has 2 rings (SSSR count). The minimum absolute atomic E-state index is 0.0585. The van der Waals surface area contributed by atoms with E-state index in [1.807, 2.05) is 20.8 Å². The van der Waals surface area contributed by atoms with Gasteiger partial charge in [-0.05, 0) is 44.3 Å². The number of piperidine rings is 1. The molecule has 144 valence electrons. The average Bonchev–Trinajstić information content (AvgIpc) is 2.78. The van der Waals surface area contributed by atoms with E-state index in [-0.39, 0.29) is 34.2 Å². The van der Waals surface area contributed by atoms with Crippen molar-refractivity contribution < 1.29 is 18.8 Å². The van der Waals surface area contributed by atoms with Crippen molar-refractivity contribution in [2.75, 3.05) is 6.61 Å². The number of imide groups is 1. The van der Waals surface area contributed by atoms with E-state index in [0.29, 0.717) is 6.61 Å². The highest BCUT2D eigenvalue weighted by Gasteiger charge is 2.73. The van der Waals surface area contributed by atoms with Crippen LogP contribution in [0.5, 0.6) is 0 Å². The predicted molar refractivity (Wildman–Crippen MR) is 101 cm³/mol. The van der Waals surface area contributed by atoms with Gasteiger partial charge in [0.05, 0.1) is 12.6 Å². The maximum Gasteiger partial charge on any atom is 0.417 e. The fourth-order valence-electron chi connectivity index (χ4n) is 3.57. The first-order valence-corrected chi connectivity index (χ1v) is 12.1. The van der Waals surface area contributed by atoms with Gasteiger partial charge in [0, 0.05) is 11.8 Å². The van der Waals surface area contributed by atoms with Crippen LogP contribution in [-0.2, 0) is 14.0 Å². The number of nitrogens with zero attached hydrogens (tertiary/aromatic N) is 1. The summed E-state index contributed by atoms with van der Waals surface area (Å²) in [6.45, 7) is 21.0. The van der Waals surface area contributed by atoms with Crippen LogP contribution in [0.2, 0.25) is 18.1 Å². The highest BCUT2D eigenvalue weighted by atomic mass is 28.4. The summed E-state index contributed by atoms with van der Waals surface area (Å²) in [4.78, 5) is 26.8. The molecule has 1 heterocycles. The van der Waals surface area contributed by atoms with Crippen LogP contribution in [0.25, 0.3) is 0 Å². The van der Waals surface area contributed by atoms with Gasteiger partial charge in [-0.1, -0.05) is 34.6 Å². The molecular formula is C19H35NO4Si. The number of carbonyl (C=O) groups is 2. The van der Waals surface area contributed by atoms with Crippen LogP contribution < -0.4 is 0 Å². The second-order valence-electron chi connectivity index (χ2n) is 10.7. The number of rotatable bonds is 3. The van der Waals surface area contributed by atoms with Gasteiger partial charge in [0.1, 0.15) is 5.60 Å². The molecule has 0 aromatic rings. The zero-order chi connectivity index (χ0) is 19.6. The Bertz CT molecular complexity index is 571. The van der Waals surface area contributed by atoms with Crippen LogP contribution in [0.1, 0.15) is 55.4 Å². The molecule has 2 fully saturated rings. The Balaban J connectivity index is 2.19. The molecule has 1 saturated carbocycles. The van der Waals surface area contributed by atoms with Gasteiger partial charge in [0.25, 0.3) is 0 Å². The van der Waals surface area contributed by atoms with Gasteiger partial charge in [-0.3, -0.25) is 4.79 Å². The monoisotopic (exact) mass is 369 g/mol. The van der Waals surface area contributed by atoms with Gasteiger partial charge in [-0.25, -0.2) is 9.69 Å². The normalized spacial score (nSPS) is 28.8. The number of carbonyl (C=O) groups excluding carboxylic acids is 2. The molecule has 0 radical (unpaired) electrons. The van der Waals surface area contributed by atoms with E-state index < -0.39 is 20.0 Å². The third-order valence-electron chi connectivity index (χ3n) is 6.17. The zero-order valence-corrected chi connectivity index (χ0v) is 18.5. The molecule has 0 N–H and O–H groups in total. The number of ether oxygens (including phenoxy) is 1. The molecule has 0 bridgehead atoms. The maximum atomic E-state index is 12.8. The number of likely N-dealkylation sites (tertiary alicyclic amines) is 1. The lowest BCUT2D eigenvalue weighted by Gasteiger charge is -2.38. The van der Waals surface area contributed by atoms with Crippen molar-refractivity contribution >= 4 is 20.3 Å². The number of hydrogen-bond donors (Lipinski definition) is 0. The zero-order valence-electron chi connectivity index (χ0n) is 17.5. The first kappa shape index (κ1) is 20.4. The number of amides is 2. The highest BCUT2D eigenvalue weighted by Crippen LogP contribution is 2.65. The standard InChI is InChI=1S/C19H35NO4Si/c1-17(2,3)24-16(22)20-12(11-23-25(9,10)18(4,5)6)13-14(15(20)21)19(13,7)8/h12-14H,11H2,1-10H3/t12-,13-,14-/m1/s1. The van der Waals surface area contributed by atoms with Crippen molar-refractivity contribution in [1.82, 2.24) is 4.90 Å². The van der Waals surface area contributed by atoms with Gasteiger partial charge in [-0.15, -0.1) is 0 Å². The molecule has 6 heteroatoms. The molecule has 1 aliphatic heterocycles. The third kappa shape index (κ3) is 3.65. The van der Waals surface area contributed by atoms with Gasteiger partial charge < -0.3 is 9.16 Å². The van der Waals surface area contributed by atoms with E-state index in [9.17, 15) is 9.59 Å². The first-order chi connectivity index (χ1) is 11.0. The molecule has 1 aliphatic carbocycles. The quantitative estimate of drug-likeness (QED) is 0.691. The molecule has 0 spiro atoms. The summed E-state index contributed by atoms with van der Waals surface area (Å²) in [5, 5.41) is 0.0881. The van der Waals surface area contributed by atoms with Crippen molar-refractivity contribution in [3.05, 3.63) is 0 Å². The molecular weight excluding hydrogens is 334 g/mol. The Kier molecular flexibility index (Phi) is 4.75. The van der Waals surface area contributed by atoms with Crippen molar-refractivity contribution in [2.45, 2.75) is 85.2 Å². The van der Waals surface area contributed by atoms with Gasteiger partial charge in [-0.2, -0.15) is 0 Å². The lowest BCUT2D eigenvalue weighted by atomic mass is 10.0. The third-order valence-corrected chi connectivity index (χ3v) is 10.7. The van der Waals surface area contributed by atoms with Crippen LogP contribution in [0.15, 0.2) is 0 Å². The second kappa shape index (κ2) is 5.81. The van der Waals surface area contributed by atoms with Crippen LogP contribution in [0, 0.1) is 17.3 Å². The van der Waals surface area contributed by atoms with Crippen molar-refractivity contribution in [1.29, 1.82) is 0 Å². The molecule has 2 aliphatic rings. The Labute approximate surface area is 153 Å². The molecule has 5 nitrogen and oxygen atoms in total. The largest absolute Gasteiger partial charge is 0.443 e. The minimum atomic E-state index is -1.95. The fourth-order valence-corrected chi connectivity index (χ4v) is 4.59. The summed E-state index contributed by atoms with van der Waals surface area (Å²) >= 11 is 0. The van der Waals surface area contributed by atoms with Crippen molar-refractivity contribution in [2.24, 2.45) is 17.3 Å². The molecule has 3 atom stereocenters. The summed E-state index contributed by atoms with van der Waals surface area (Å²) in [5.74, 6) is -0.0293. The Morgan fingerprint density at radius 2 is 1.68 bits per heavy atom. The van der Waals surface area contributed by atoms with Crippen molar-refractivity contribution in [3.63, 3.8) is 0 Å². The van der Waals surface area contributed by atoms with Crippen molar-refractivity contribution in [3.8, 4) is 0 Å².